The van der Waals surface area contributed by atoms with Crippen molar-refractivity contribution in [3.8, 4) is 17.1 Å². The lowest BCUT2D eigenvalue weighted by Crippen LogP contribution is -2.71. The van der Waals surface area contributed by atoms with Gasteiger partial charge in [0.2, 0.25) is 0 Å². The fourth-order valence-corrected chi connectivity index (χ4v) is 8.24. The predicted molar refractivity (Wildman–Crippen MR) is 157 cm³/mol. The number of nitrogens with zero attached hydrogens (tertiary/aromatic N) is 1. The number of rotatable bonds is 5. The van der Waals surface area contributed by atoms with Crippen molar-refractivity contribution < 1.29 is 42.8 Å². The lowest BCUT2D eigenvalue weighted by Gasteiger charge is -2.66. The van der Waals surface area contributed by atoms with Gasteiger partial charge in [-0.1, -0.05) is 13.8 Å². The molecule has 2 saturated carbocycles. The van der Waals surface area contributed by atoms with Crippen LogP contribution in [0.4, 0.5) is 4.39 Å². The third kappa shape index (κ3) is 5.02. The van der Waals surface area contributed by atoms with Crippen LogP contribution in [0, 0.1) is 28.5 Å². The van der Waals surface area contributed by atoms with Crippen molar-refractivity contribution in [1.82, 2.24) is 4.98 Å². The number of carbonyl (C=O) groups excluding carboxylic acids is 2. The Balaban J connectivity index is 1.49. The fourth-order valence-electron chi connectivity index (χ4n) is 8.24. The minimum atomic E-state index is -1.40. The zero-order valence-corrected chi connectivity index (χ0v) is 25.5. The maximum Gasteiger partial charge on any atom is 0.345 e. The summed E-state index contributed by atoms with van der Waals surface area (Å²) < 4.78 is 37.6. The first-order chi connectivity index (χ1) is 21.3. The smallest absolute Gasteiger partial charge is 0.345 e. The van der Waals surface area contributed by atoms with Crippen LogP contribution in [0.25, 0.3) is 11.3 Å². The highest BCUT2D eigenvalue weighted by atomic mass is 19.1. The standard InChI is InChI=1S/C34H36FNO9/c1-18(37)42-17-33(3)24-15-26(44-30(40)19-7-9-21(35)10-8-19)34(4)29(32(24,2)12-11-25(33)38)28(39)27-23(45-34)14-22(43-31(27)41)20-6-5-13-36-16-20/h5-10,13-14,16,24-26,28-29,38-39H,11-12,15,17H2,1-4H3/t24?,25-,26-,28-,29?,32-,33?,34+/m0/s1. The first kappa shape index (κ1) is 30.9. The van der Waals surface area contributed by atoms with E-state index in [-0.39, 0.29) is 35.7 Å². The molecule has 1 aromatic carbocycles. The number of aliphatic hydroxyl groups excluding tert-OH is 2. The molecule has 1 aliphatic heterocycles. The van der Waals surface area contributed by atoms with Crippen LogP contribution in [0.1, 0.15) is 69.0 Å². The van der Waals surface area contributed by atoms with Crippen LogP contribution in [-0.4, -0.2) is 51.6 Å². The number of hydrogen-bond acceptors (Lipinski definition) is 10. The van der Waals surface area contributed by atoms with Gasteiger partial charge in [0, 0.05) is 42.3 Å². The van der Waals surface area contributed by atoms with E-state index in [1.165, 1.54) is 31.3 Å². The van der Waals surface area contributed by atoms with Crippen molar-refractivity contribution in [2.45, 2.75) is 70.9 Å². The van der Waals surface area contributed by atoms with E-state index in [0.29, 0.717) is 18.4 Å². The van der Waals surface area contributed by atoms with Gasteiger partial charge in [0.15, 0.2) is 0 Å². The molecular formula is C34H36FNO9. The zero-order chi connectivity index (χ0) is 32.3. The van der Waals surface area contributed by atoms with Gasteiger partial charge in [0.25, 0.3) is 0 Å². The Labute approximate surface area is 259 Å². The summed E-state index contributed by atoms with van der Waals surface area (Å²) >= 11 is 0. The van der Waals surface area contributed by atoms with E-state index in [2.05, 4.69) is 4.98 Å². The van der Waals surface area contributed by atoms with Crippen LogP contribution in [0.2, 0.25) is 0 Å². The summed E-state index contributed by atoms with van der Waals surface area (Å²) in [4.78, 5) is 43.0. The van der Waals surface area contributed by atoms with Crippen molar-refractivity contribution in [2.75, 3.05) is 6.61 Å². The van der Waals surface area contributed by atoms with E-state index in [4.69, 9.17) is 18.6 Å². The van der Waals surface area contributed by atoms with Gasteiger partial charge in [-0.15, -0.1) is 0 Å². The topological polar surface area (TPSA) is 145 Å². The van der Waals surface area contributed by atoms with Gasteiger partial charge in [0.05, 0.1) is 24.4 Å². The Morgan fingerprint density at radius 1 is 1.13 bits per heavy atom. The quantitative estimate of drug-likeness (QED) is 0.387. The molecule has 2 aromatic heterocycles. The molecule has 3 aromatic rings. The number of benzene rings is 1. The van der Waals surface area contributed by atoms with Gasteiger partial charge < -0.3 is 28.8 Å². The van der Waals surface area contributed by atoms with Crippen molar-refractivity contribution in [2.24, 2.45) is 22.7 Å². The van der Waals surface area contributed by atoms with Gasteiger partial charge >= 0.3 is 17.6 Å². The van der Waals surface area contributed by atoms with E-state index < -0.39 is 70.0 Å². The number of aromatic nitrogens is 1. The minimum absolute atomic E-state index is 0.0524. The minimum Gasteiger partial charge on any atom is -0.482 e. The normalized spacial score (nSPS) is 33.5. The largest absolute Gasteiger partial charge is 0.482 e. The fraction of sp³-hybridized carbons (Fsp3) is 0.471. The van der Waals surface area contributed by atoms with E-state index in [0.717, 1.165) is 12.1 Å². The van der Waals surface area contributed by atoms with Crippen LogP contribution >= 0.6 is 0 Å². The van der Waals surface area contributed by atoms with Gasteiger partial charge in [-0.05, 0) is 73.9 Å². The number of esters is 2. The van der Waals surface area contributed by atoms with Gasteiger partial charge in [-0.2, -0.15) is 0 Å². The number of aliphatic hydroxyl groups is 2. The molecular weight excluding hydrogens is 585 g/mol. The molecule has 11 heteroatoms. The molecule has 0 spiro atoms. The Morgan fingerprint density at radius 2 is 1.87 bits per heavy atom. The van der Waals surface area contributed by atoms with E-state index in [1.807, 2.05) is 13.8 Å². The van der Waals surface area contributed by atoms with Crippen LogP contribution in [-0.2, 0) is 14.3 Å². The van der Waals surface area contributed by atoms with Gasteiger partial charge in [-0.3, -0.25) is 9.78 Å². The molecule has 2 N–H and O–H groups in total. The van der Waals surface area contributed by atoms with Crippen molar-refractivity contribution in [1.29, 1.82) is 0 Å². The number of carbonyl (C=O) groups is 2. The molecule has 0 bridgehead atoms. The highest BCUT2D eigenvalue weighted by molar-refractivity contribution is 5.89. The third-order valence-corrected chi connectivity index (χ3v) is 10.5. The SMILES string of the molecule is CC(=O)OCC1(C)C2C[C@H](OC(=O)c3ccc(F)cc3)[C@@]3(C)Oc4cc(-c5cccnc5)oc(=O)c4[C@H](O)C3[C@@]2(C)CC[C@@H]1O. The van der Waals surface area contributed by atoms with E-state index in [9.17, 15) is 29.0 Å². The van der Waals surface area contributed by atoms with Crippen molar-refractivity contribution >= 4 is 11.9 Å². The summed E-state index contributed by atoms with van der Waals surface area (Å²) in [5.41, 5.74) is -3.32. The summed E-state index contributed by atoms with van der Waals surface area (Å²) in [6.07, 6.45) is 0.821. The second-order valence-corrected chi connectivity index (χ2v) is 13.2. The van der Waals surface area contributed by atoms with E-state index in [1.54, 1.807) is 25.3 Å². The molecule has 0 amide bonds. The highest BCUT2D eigenvalue weighted by Gasteiger charge is 2.70. The predicted octanol–water partition coefficient (Wildman–Crippen LogP) is 4.62. The zero-order valence-electron chi connectivity index (χ0n) is 25.5. The van der Waals surface area contributed by atoms with Gasteiger partial charge in [-0.25, -0.2) is 14.0 Å². The van der Waals surface area contributed by atoms with Crippen LogP contribution in [0.15, 0.2) is 64.1 Å². The molecule has 10 nitrogen and oxygen atoms in total. The number of pyridine rings is 1. The number of ether oxygens (including phenoxy) is 3. The van der Waals surface area contributed by atoms with Crippen molar-refractivity contribution in [3.63, 3.8) is 0 Å². The summed E-state index contributed by atoms with van der Waals surface area (Å²) in [6.45, 7) is 6.73. The average molecular weight is 622 g/mol. The molecule has 3 unspecified atom stereocenters. The van der Waals surface area contributed by atoms with E-state index >= 15 is 0 Å². The third-order valence-electron chi connectivity index (χ3n) is 10.5. The second-order valence-electron chi connectivity index (χ2n) is 13.2. The maximum absolute atomic E-state index is 13.6. The number of hydrogen-bond donors (Lipinski definition) is 2. The molecule has 6 rings (SSSR count). The summed E-state index contributed by atoms with van der Waals surface area (Å²) in [6, 6.07) is 9.89. The lowest BCUT2D eigenvalue weighted by molar-refractivity contribution is -0.264. The van der Waals surface area contributed by atoms with Gasteiger partial charge in [0.1, 0.15) is 34.6 Å². The monoisotopic (exact) mass is 621 g/mol. The first-order valence-corrected chi connectivity index (χ1v) is 15.0. The molecule has 0 radical (unpaired) electrons. The van der Waals surface area contributed by atoms with Crippen LogP contribution in [0.5, 0.6) is 5.75 Å². The number of halogens is 1. The molecule has 3 heterocycles. The molecule has 45 heavy (non-hydrogen) atoms. The summed E-state index contributed by atoms with van der Waals surface area (Å²) in [7, 11) is 0. The lowest BCUT2D eigenvalue weighted by atomic mass is 9.42. The molecule has 2 fully saturated rings. The Morgan fingerprint density at radius 3 is 2.53 bits per heavy atom. The average Bonchev–Trinajstić information content (AvgIpc) is 2.99. The highest BCUT2D eigenvalue weighted by Crippen LogP contribution is 2.67. The van der Waals surface area contributed by atoms with Crippen LogP contribution < -0.4 is 10.4 Å². The van der Waals surface area contributed by atoms with Crippen molar-refractivity contribution in [3.05, 3.63) is 82.2 Å². The number of fused-ring (bicyclic) bond motifs is 4. The molecule has 0 saturated heterocycles. The molecule has 238 valence electrons. The van der Waals surface area contributed by atoms with Crippen LogP contribution in [0.3, 0.4) is 0 Å². The first-order valence-electron chi connectivity index (χ1n) is 15.0. The maximum atomic E-state index is 13.6. The summed E-state index contributed by atoms with van der Waals surface area (Å²) in [5.74, 6) is -2.74. The Kier molecular flexibility index (Phi) is 7.60. The molecule has 8 atom stereocenters. The summed E-state index contributed by atoms with van der Waals surface area (Å²) in [5, 5.41) is 23.5. The Bertz CT molecular complexity index is 1680. The Hall–Kier alpha value is -4.09. The molecule has 3 aliphatic rings. The second kappa shape index (κ2) is 11.1. The molecule has 2 aliphatic carbocycles.